The molecule has 3 N–H and O–H groups in total. The first kappa shape index (κ1) is 16.0. The zero-order valence-electron chi connectivity index (χ0n) is 9.70. The third kappa shape index (κ3) is 9.88. The van der Waals surface area contributed by atoms with Crippen LogP contribution in [0.5, 0.6) is 0 Å². The number of oxime groups is 1. The Morgan fingerprint density at radius 1 is 1.35 bits per heavy atom. The highest BCUT2D eigenvalue weighted by Crippen LogP contribution is 2.19. The van der Waals surface area contributed by atoms with Crippen LogP contribution in [0.15, 0.2) is 5.16 Å². The summed E-state index contributed by atoms with van der Waals surface area (Å²) in [4.78, 5) is 1.56. The molecule has 0 aromatic heterocycles. The van der Waals surface area contributed by atoms with Crippen molar-refractivity contribution in [3.63, 3.8) is 0 Å². The molecule has 0 aliphatic rings. The van der Waals surface area contributed by atoms with Gasteiger partial charge in [0.15, 0.2) is 0 Å². The minimum Gasteiger partial charge on any atom is -0.409 e. The van der Waals surface area contributed by atoms with E-state index >= 15 is 0 Å². The van der Waals surface area contributed by atoms with Crippen LogP contribution in [0.4, 0.5) is 13.2 Å². The van der Waals surface area contributed by atoms with Gasteiger partial charge in [-0.05, 0) is 0 Å². The molecule has 0 amide bonds. The van der Waals surface area contributed by atoms with E-state index in [0.29, 0.717) is 19.7 Å². The molecule has 102 valence electrons. The molecule has 0 bridgehead atoms. The summed E-state index contributed by atoms with van der Waals surface area (Å²) in [5.74, 6) is -0.000532. The standard InChI is InChI=1S/C9H18F3N3O2/c1-17-7-6-15(4-2-8(13)14-16)5-3-9(10,11)12/h16H,2-7H2,1H3,(H2,13,14). The average molecular weight is 257 g/mol. The van der Waals surface area contributed by atoms with Gasteiger partial charge >= 0.3 is 6.18 Å². The van der Waals surface area contributed by atoms with E-state index in [1.54, 1.807) is 4.90 Å². The number of amidine groups is 1. The molecule has 0 saturated heterocycles. The molecule has 0 spiro atoms. The van der Waals surface area contributed by atoms with E-state index in [1.165, 1.54) is 7.11 Å². The van der Waals surface area contributed by atoms with Crippen LogP contribution in [0.1, 0.15) is 12.8 Å². The third-order valence-corrected chi connectivity index (χ3v) is 2.14. The maximum atomic E-state index is 12.1. The lowest BCUT2D eigenvalue weighted by atomic mass is 10.3. The molecular weight excluding hydrogens is 239 g/mol. The van der Waals surface area contributed by atoms with Gasteiger partial charge in [0.1, 0.15) is 5.84 Å². The van der Waals surface area contributed by atoms with Gasteiger partial charge in [0.25, 0.3) is 0 Å². The average Bonchev–Trinajstić information content (AvgIpc) is 2.26. The molecule has 0 rings (SSSR count). The largest absolute Gasteiger partial charge is 0.409 e. The summed E-state index contributed by atoms with van der Waals surface area (Å²) in [6.45, 7) is 0.903. The molecule has 0 radical (unpaired) electrons. The molecule has 0 aromatic carbocycles. The predicted molar refractivity (Wildman–Crippen MR) is 57.0 cm³/mol. The summed E-state index contributed by atoms with van der Waals surface area (Å²) in [6.07, 6.45) is -4.84. The third-order valence-electron chi connectivity index (χ3n) is 2.14. The highest BCUT2D eigenvalue weighted by Gasteiger charge is 2.27. The Balaban J connectivity index is 4.04. The maximum absolute atomic E-state index is 12.1. The Kier molecular flexibility index (Phi) is 7.64. The fourth-order valence-electron chi connectivity index (χ4n) is 1.16. The van der Waals surface area contributed by atoms with E-state index in [9.17, 15) is 13.2 Å². The Bertz CT molecular complexity index is 234. The molecule has 17 heavy (non-hydrogen) atoms. The molecule has 5 nitrogen and oxygen atoms in total. The van der Waals surface area contributed by atoms with Crippen molar-refractivity contribution in [3.05, 3.63) is 0 Å². The van der Waals surface area contributed by atoms with E-state index in [0.717, 1.165) is 0 Å². The SMILES string of the molecule is COCCN(CCC(N)=NO)CCC(F)(F)F. The summed E-state index contributed by atoms with van der Waals surface area (Å²) in [5.41, 5.74) is 5.25. The molecule has 0 saturated carbocycles. The van der Waals surface area contributed by atoms with Crippen LogP contribution in [0.2, 0.25) is 0 Å². The van der Waals surface area contributed by atoms with Crippen molar-refractivity contribution < 1.29 is 23.1 Å². The second-order valence-corrected chi connectivity index (χ2v) is 3.54. The number of nitrogens with two attached hydrogens (primary N) is 1. The van der Waals surface area contributed by atoms with Crippen LogP contribution in [0, 0.1) is 0 Å². The fourth-order valence-corrected chi connectivity index (χ4v) is 1.16. The number of rotatable bonds is 8. The Labute approximate surface area is 98.0 Å². The van der Waals surface area contributed by atoms with Gasteiger partial charge in [-0.15, -0.1) is 0 Å². The van der Waals surface area contributed by atoms with E-state index in [2.05, 4.69) is 5.16 Å². The van der Waals surface area contributed by atoms with Gasteiger partial charge in [-0.3, -0.25) is 0 Å². The smallest absolute Gasteiger partial charge is 0.390 e. The first-order valence-corrected chi connectivity index (χ1v) is 5.13. The van der Waals surface area contributed by atoms with Gasteiger partial charge in [-0.1, -0.05) is 5.16 Å². The van der Waals surface area contributed by atoms with Gasteiger partial charge in [0.2, 0.25) is 0 Å². The quantitative estimate of drug-likeness (QED) is 0.295. The Morgan fingerprint density at radius 2 is 2.00 bits per heavy atom. The lowest BCUT2D eigenvalue weighted by molar-refractivity contribution is -0.138. The second-order valence-electron chi connectivity index (χ2n) is 3.54. The summed E-state index contributed by atoms with van der Waals surface area (Å²) < 4.78 is 41.0. The Hall–Kier alpha value is -1.02. The summed E-state index contributed by atoms with van der Waals surface area (Å²) >= 11 is 0. The maximum Gasteiger partial charge on any atom is 0.390 e. The first-order chi connectivity index (χ1) is 7.89. The molecular formula is C9H18F3N3O2. The van der Waals surface area contributed by atoms with E-state index in [1.807, 2.05) is 0 Å². The number of alkyl halides is 3. The molecule has 0 aromatic rings. The van der Waals surface area contributed by atoms with Crippen molar-refractivity contribution in [2.75, 3.05) is 33.4 Å². The molecule has 0 aliphatic heterocycles. The molecule has 0 aliphatic carbocycles. The fraction of sp³-hybridized carbons (Fsp3) is 0.889. The van der Waals surface area contributed by atoms with Gasteiger partial charge in [0.05, 0.1) is 13.0 Å². The molecule has 8 heteroatoms. The second kappa shape index (κ2) is 8.13. The molecule has 0 heterocycles. The summed E-state index contributed by atoms with van der Waals surface area (Å²) in [5, 5.41) is 11.1. The minimum absolute atomic E-state index is 0.000532. The van der Waals surface area contributed by atoms with Crippen molar-refractivity contribution in [2.45, 2.75) is 19.0 Å². The first-order valence-electron chi connectivity index (χ1n) is 5.13. The minimum atomic E-state index is -4.18. The normalized spacial score (nSPS) is 13.4. The van der Waals surface area contributed by atoms with E-state index in [4.69, 9.17) is 15.7 Å². The van der Waals surface area contributed by atoms with Gasteiger partial charge in [0, 0.05) is 33.2 Å². The van der Waals surface area contributed by atoms with Crippen molar-refractivity contribution in [3.8, 4) is 0 Å². The zero-order valence-corrected chi connectivity index (χ0v) is 9.70. The van der Waals surface area contributed by atoms with Crippen LogP contribution in [0.3, 0.4) is 0 Å². The van der Waals surface area contributed by atoms with Crippen LogP contribution >= 0.6 is 0 Å². The van der Waals surface area contributed by atoms with Crippen LogP contribution in [-0.4, -0.2) is 55.5 Å². The predicted octanol–water partition coefficient (Wildman–Crippen LogP) is 1.02. The number of ether oxygens (including phenoxy) is 1. The number of methoxy groups -OCH3 is 1. The van der Waals surface area contributed by atoms with Crippen molar-refractivity contribution in [1.82, 2.24) is 4.90 Å². The number of halogens is 3. The summed E-state index contributed by atoms with van der Waals surface area (Å²) in [6, 6.07) is 0. The topological polar surface area (TPSA) is 71.1 Å². The lowest BCUT2D eigenvalue weighted by Gasteiger charge is -2.22. The number of nitrogens with zero attached hydrogens (tertiary/aromatic N) is 2. The monoisotopic (exact) mass is 257 g/mol. The Morgan fingerprint density at radius 3 is 2.47 bits per heavy atom. The van der Waals surface area contributed by atoms with Crippen molar-refractivity contribution in [2.24, 2.45) is 10.9 Å². The van der Waals surface area contributed by atoms with Gasteiger partial charge in [-0.2, -0.15) is 13.2 Å². The molecule has 0 fully saturated rings. The highest BCUT2D eigenvalue weighted by molar-refractivity contribution is 5.79. The van der Waals surface area contributed by atoms with Crippen LogP contribution in [-0.2, 0) is 4.74 Å². The van der Waals surface area contributed by atoms with Crippen LogP contribution < -0.4 is 5.73 Å². The van der Waals surface area contributed by atoms with E-state index in [-0.39, 0.29) is 18.8 Å². The lowest BCUT2D eigenvalue weighted by Crippen LogP contribution is -2.34. The zero-order chi connectivity index (χ0) is 13.3. The molecule has 0 unspecified atom stereocenters. The van der Waals surface area contributed by atoms with E-state index < -0.39 is 12.6 Å². The van der Waals surface area contributed by atoms with Crippen molar-refractivity contribution in [1.29, 1.82) is 0 Å². The highest BCUT2D eigenvalue weighted by atomic mass is 19.4. The molecule has 0 atom stereocenters. The number of hydrogen-bond donors (Lipinski definition) is 2. The van der Waals surface area contributed by atoms with Crippen LogP contribution in [0.25, 0.3) is 0 Å². The van der Waals surface area contributed by atoms with Gasteiger partial charge < -0.3 is 20.6 Å². The van der Waals surface area contributed by atoms with Gasteiger partial charge in [-0.25, -0.2) is 0 Å². The van der Waals surface area contributed by atoms with Crippen molar-refractivity contribution >= 4 is 5.84 Å². The number of hydrogen-bond acceptors (Lipinski definition) is 4. The summed E-state index contributed by atoms with van der Waals surface area (Å²) in [7, 11) is 1.48.